The van der Waals surface area contributed by atoms with Crippen LogP contribution < -0.4 is 5.32 Å². The number of hydrogen-bond donors (Lipinski definition) is 2. The van der Waals surface area contributed by atoms with Crippen molar-refractivity contribution < 1.29 is 5.11 Å². The molecule has 0 aromatic rings. The van der Waals surface area contributed by atoms with E-state index in [0.717, 1.165) is 6.54 Å². The molecule has 0 spiro atoms. The Labute approximate surface area is 74.8 Å². The zero-order chi connectivity index (χ0) is 9.14. The van der Waals surface area contributed by atoms with Crippen LogP contribution in [0.5, 0.6) is 0 Å². The minimum atomic E-state index is -0.230. The Bertz CT molecular complexity index is 128. The lowest BCUT2D eigenvalue weighted by molar-refractivity contribution is 0.186. The minimum absolute atomic E-state index is 0.230. The molecule has 3 atom stereocenters. The third kappa shape index (κ3) is 2.73. The summed E-state index contributed by atoms with van der Waals surface area (Å²) < 4.78 is 0. The zero-order valence-corrected chi connectivity index (χ0v) is 8.25. The normalized spacial score (nSPS) is 34.0. The fourth-order valence-corrected chi connectivity index (χ4v) is 1.68. The number of rotatable bonds is 3. The highest BCUT2D eigenvalue weighted by Gasteiger charge is 2.25. The summed E-state index contributed by atoms with van der Waals surface area (Å²) in [6.07, 6.45) is 0.967. The Kier molecular flexibility index (Phi) is 3.50. The molecule has 3 nitrogen and oxygen atoms in total. The first-order valence-corrected chi connectivity index (χ1v) is 4.71. The Morgan fingerprint density at radius 3 is 2.75 bits per heavy atom. The van der Waals surface area contributed by atoms with Gasteiger partial charge in [-0.05, 0) is 27.3 Å². The fourth-order valence-electron chi connectivity index (χ4n) is 1.68. The maximum atomic E-state index is 9.07. The van der Waals surface area contributed by atoms with Crippen LogP contribution in [0.2, 0.25) is 0 Å². The zero-order valence-electron chi connectivity index (χ0n) is 8.25. The second-order valence-electron chi connectivity index (χ2n) is 3.98. The van der Waals surface area contributed by atoms with E-state index >= 15 is 0 Å². The fraction of sp³-hybridized carbons (Fsp3) is 1.00. The molecular formula is C9H20N2O. The van der Waals surface area contributed by atoms with Gasteiger partial charge in [-0.25, -0.2) is 0 Å². The molecule has 1 aliphatic heterocycles. The summed E-state index contributed by atoms with van der Waals surface area (Å²) in [6.45, 7) is 5.87. The van der Waals surface area contributed by atoms with Crippen molar-refractivity contribution in [1.82, 2.24) is 10.2 Å². The van der Waals surface area contributed by atoms with Crippen LogP contribution in [0, 0.1) is 0 Å². The van der Waals surface area contributed by atoms with Crippen LogP contribution in [0.3, 0.4) is 0 Å². The van der Waals surface area contributed by atoms with Crippen LogP contribution in [0.25, 0.3) is 0 Å². The summed E-state index contributed by atoms with van der Waals surface area (Å²) in [5.41, 5.74) is 0. The Morgan fingerprint density at radius 1 is 1.67 bits per heavy atom. The quantitative estimate of drug-likeness (QED) is 0.631. The number of hydrogen-bond acceptors (Lipinski definition) is 3. The van der Waals surface area contributed by atoms with Crippen molar-refractivity contribution in [2.24, 2.45) is 0 Å². The molecule has 3 unspecified atom stereocenters. The summed E-state index contributed by atoms with van der Waals surface area (Å²) in [5, 5.41) is 12.4. The molecule has 0 bridgehead atoms. The summed E-state index contributed by atoms with van der Waals surface area (Å²) in [4.78, 5) is 2.35. The first-order chi connectivity index (χ1) is 5.59. The van der Waals surface area contributed by atoms with Gasteiger partial charge in [-0.1, -0.05) is 0 Å². The van der Waals surface area contributed by atoms with Gasteiger partial charge in [0.25, 0.3) is 0 Å². The van der Waals surface area contributed by atoms with E-state index < -0.39 is 0 Å². The lowest BCUT2D eigenvalue weighted by Gasteiger charge is -2.14. The third-order valence-electron chi connectivity index (χ3n) is 2.59. The summed E-state index contributed by atoms with van der Waals surface area (Å²) in [5.74, 6) is 0. The first kappa shape index (κ1) is 9.96. The van der Waals surface area contributed by atoms with E-state index in [1.165, 1.54) is 6.42 Å². The van der Waals surface area contributed by atoms with Crippen molar-refractivity contribution in [3.63, 3.8) is 0 Å². The van der Waals surface area contributed by atoms with Gasteiger partial charge in [0.1, 0.15) is 0 Å². The van der Waals surface area contributed by atoms with E-state index in [2.05, 4.69) is 24.2 Å². The Balaban J connectivity index is 2.19. The lowest BCUT2D eigenvalue weighted by atomic mass is 10.2. The number of likely N-dealkylation sites (N-methyl/N-ethyl adjacent to an activating group) is 1. The highest BCUT2D eigenvalue weighted by atomic mass is 16.3. The van der Waals surface area contributed by atoms with Crippen LogP contribution in [-0.4, -0.2) is 48.3 Å². The van der Waals surface area contributed by atoms with Crippen molar-refractivity contribution in [2.45, 2.75) is 38.5 Å². The van der Waals surface area contributed by atoms with Gasteiger partial charge in [0, 0.05) is 25.2 Å². The van der Waals surface area contributed by atoms with Crippen LogP contribution in [-0.2, 0) is 0 Å². The second-order valence-corrected chi connectivity index (χ2v) is 3.98. The second kappa shape index (κ2) is 4.21. The molecule has 1 heterocycles. The van der Waals surface area contributed by atoms with Gasteiger partial charge >= 0.3 is 0 Å². The standard InChI is InChI=1S/C9H20N2O/c1-7-4-9(6-11(7)3)10-5-8(2)12/h7-10,12H,4-6H2,1-3H3. The molecule has 0 aromatic heterocycles. The van der Waals surface area contributed by atoms with Gasteiger partial charge in [-0.3, -0.25) is 0 Å². The summed E-state index contributed by atoms with van der Waals surface area (Å²) >= 11 is 0. The maximum Gasteiger partial charge on any atom is 0.0636 e. The van der Waals surface area contributed by atoms with E-state index in [1.54, 1.807) is 0 Å². The number of likely N-dealkylation sites (tertiary alicyclic amines) is 1. The molecule has 0 aromatic carbocycles. The van der Waals surface area contributed by atoms with E-state index in [0.29, 0.717) is 18.6 Å². The van der Waals surface area contributed by atoms with E-state index in [-0.39, 0.29) is 6.10 Å². The molecule has 0 radical (unpaired) electrons. The number of nitrogens with one attached hydrogen (secondary N) is 1. The average Bonchev–Trinajstić information content (AvgIpc) is 2.28. The van der Waals surface area contributed by atoms with Crippen molar-refractivity contribution in [3.05, 3.63) is 0 Å². The van der Waals surface area contributed by atoms with Crippen LogP contribution >= 0.6 is 0 Å². The largest absolute Gasteiger partial charge is 0.392 e. The van der Waals surface area contributed by atoms with Gasteiger partial charge < -0.3 is 15.3 Å². The van der Waals surface area contributed by atoms with Crippen molar-refractivity contribution in [3.8, 4) is 0 Å². The molecule has 0 saturated carbocycles. The van der Waals surface area contributed by atoms with Gasteiger partial charge in [0.15, 0.2) is 0 Å². The lowest BCUT2D eigenvalue weighted by Crippen LogP contribution is -2.36. The van der Waals surface area contributed by atoms with E-state index in [1.807, 2.05) is 6.92 Å². The molecule has 0 aliphatic carbocycles. The van der Waals surface area contributed by atoms with Crippen LogP contribution in [0.15, 0.2) is 0 Å². The van der Waals surface area contributed by atoms with Crippen molar-refractivity contribution >= 4 is 0 Å². The highest BCUT2D eigenvalue weighted by molar-refractivity contribution is 4.85. The summed E-state index contributed by atoms with van der Waals surface area (Å²) in [7, 11) is 2.15. The smallest absolute Gasteiger partial charge is 0.0636 e. The molecule has 12 heavy (non-hydrogen) atoms. The first-order valence-electron chi connectivity index (χ1n) is 4.71. The molecule has 2 N–H and O–H groups in total. The van der Waals surface area contributed by atoms with Gasteiger partial charge in [0.2, 0.25) is 0 Å². The molecule has 1 fully saturated rings. The van der Waals surface area contributed by atoms with E-state index in [4.69, 9.17) is 5.11 Å². The average molecular weight is 172 g/mol. The molecule has 1 saturated heterocycles. The van der Waals surface area contributed by atoms with Gasteiger partial charge in [-0.2, -0.15) is 0 Å². The van der Waals surface area contributed by atoms with E-state index in [9.17, 15) is 0 Å². The molecule has 1 aliphatic rings. The predicted octanol–water partition coefficient (Wildman–Crippen LogP) is 0.0494. The van der Waals surface area contributed by atoms with Gasteiger partial charge in [-0.15, -0.1) is 0 Å². The third-order valence-corrected chi connectivity index (χ3v) is 2.59. The predicted molar refractivity (Wildman–Crippen MR) is 50.2 cm³/mol. The maximum absolute atomic E-state index is 9.07. The summed E-state index contributed by atoms with van der Waals surface area (Å²) in [6, 6.07) is 1.25. The number of aliphatic hydroxyl groups excluding tert-OH is 1. The SMILES string of the molecule is CC(O)CNC1CC(C)N(C)C1. The van der Waals surface area contributed by atoms with Crippen molar-refractivity contribution in [2.75, 3.05) is 20.1 Å². The minimum Gasteiger partial charge on any atom is -0.392 e. The molecular weight excluding hydrogens is 152 g/mol. The van der Waals surface area contributed by atoms with Crippen molar-refractivity contribution in [1.29, 1.82) is 0 Å². The molecule has 72 valence electrons. The molecule has 3 heteroatoms. The van der Waals surface area contributed by atoms with Gasteiger partial charge in [0.05, 0.1) is 6.10 Å². The van der Waals surface area contributed by atoms with Crippen LogP contribution in [0.1, 0.15) is 20.3 Å². The topological polar surface area (TPSA) is 35.5 Å². The Hall–Kier alpha value is -0.120. The molecule has 1 rings (SSSR count). The Morgan fingerprint density at radius 2 is 2.33 bits per heavy atom. The van der Waals surface area contributed by atoms with Crippen LogP contribution in [0.4, 0.5) is 0 Å². The number of aliphatic hydroxyl groups is 1. The monoisotopic (exact) mass is 172 g/mol. The number of nitrogens with zero attached hydrogens (tertiary/aromatic N) is 1. The highest BCUT2D eigenvalue weighted by Crippen LogP contribution is 2.14. The molecule has 0 amide bonds.